The van der Waals surface area contributed by atoms with Crippen molar-refractivity contribution in [2.24, 2.45) is 0 Å². The molecule has 0 saturated heterocycles. The van der Waals surface area contributed by atoms with Gasteiger partial charge < -0.3 is 9.13 Å². The number of aromatic nitrogens is 2. The van der Waals surface area contributed by atoms with Crippen LogP contribution in [-0.2, 0) is 5.41 Å². The largest absolute Gasteiger partial charge is 0.310 e. The Balaban J connectivity index is 1.25. The van der Waals surface area contributed by atoms with E-state index in [9.17, 15) is 0 Å². The fourth-order valence-electron chi connectivity index (χ4n) is 14.7. The van der Waals surface area contributed by atoms with Crippen LogP contribution in [0.1, 0.15) is 149 Å². The van der Waals surface area contributed by atoms with Gasteiger partial charge in [-0.25, -0.2) is 0 Å². The van der Waals surface area contributed by atoms with Crippen LogP contribution in [0.3, 0.4) is 0 Å². The number of nitrogens with zero attached hydrogens (tertiary/aromatic N) is 2. The van der Waals surface area contributed by atoms with Crippen molar-refractivity contribution >= 4 is 77.5 Å². The predicted octanol–water partition coefficient (Wildman–Crippen LogP) is 16.6. The first-order valence-electron chi connectivity index (χ1n) is 27.4. The first-order valence-corrected chi connectivity index (χ1v) is 27.4. The summed E-state index contributed by atoms with van der Waals surface area (Å²) in [4.78, 5) is 0. The molecule has 0 radical (unpaired) electrons. The second-order valence-corrected chi connectivity index (χ2v) is 22.5. The van der Waals surface area contributed by atoms with Gasteiger partial charge in [0, 0.05) is 43.8 Å². The van der Waals surface area contributed by atoms with Gasteiger partial charge >= 0.3 is 0 Å². The monoisotopic (exact) mass is 928 g/mol. The van der Waals surface area contributed by atoms with Gasteiger partial charge in [-0.05, 0) is 174 Å². The van der Waals surface area contributed by atoms with Gasteiger partial charge in [0.15, 0.2) is 0 Å². The lowest BCUT2D eigenvalue weighted by Gasteiger charge is -2.45. The van der Waals surface area contributed by atoms with E-state index in [0.717, 1.165) is 25.7 Å². The molecule has 4 unspecified atom stereocenters. The maximum Gasteiger partial charge on any atom is 0.252 e. The molecule has 1 spiro atoms. The average molecular weight is 929 g/mol. The third-order valence-corrected chi connectivity index (χ3v) is 19.2. The van der Waals surface area contributed by atoms with Crippen LogP contribution in [0.2, 0.25) is 0 Å². The summed E-state index contributed by atoms with van der Waals surface area (Å²) in [5.74, 6) is 1.68. The van der Waals surface area contributed by atoms with Gasteiger partial charge in [0.2, 0.25) is 0 Å². The summed E-state index contributed by atoms with van der Waals surface area (Å²) in [6.45, 7) is 19.2. The van der Waals surface area contributed by atoms with Crippen LogP contribution >= 0.6 is 0 Å². The highest BCUT2D eigenvalue weighted by Crippen LogP contribution is 2.63. The number of rotatable bonds is 9. The first kappa shape index (κ1) is 42.6. The lowest BCUT2D eigenvalue weighted by atomic mass is 9.33. The molecule has 0 bridgehead atoms. The maximum atomic E-state index is 2.83. The zero-order valence-electron chi connectivity index (χ0n) is 43.0. The minimum absolute atomic E-state index is 0.00359. The molecule has 0 saturated carbocycles. The highest BCUT2D eigenvalue weighted by Gasteiger charge is 2.55. The van der Waals surface area contributed by atoms with Crippen LogP contribution in [-0.4, -0.2) is 15.8 Å². The Bertz CT molecular complexity index is 4140. The normalized spacial score (nSPS) is 15.9. The molecule has 2 aromatic heterocycles. The summed E-state index contributed by atoms with van der Waals surface area (Å²) in [6, 6.07) is 61.2. The standard InChI is InChI=1S/C69H61BN2/c1-9-38(5)43-28-29-62-51(30-43)52-32-45(40(7)11-3)35-60-65(52)71(62)67-55(48-25-19-21-42-20-13-14-22-47(42)48)37-59-68-63(67)70(60)61-36-46(41(8)12-4)33-54-53-31-44(39(6)10-2)34-58(64(53)72(68)66(54)61)69(59)56-26-17-15-23-49(56)50-24-16-18-27-57(50)69/h13-41H,9-12H2,1-8H3. The first-order chi connectivity index (χ1) is 35.2. The highest BCUT2D eigenvalue weighted by molar-refractivity contribution is 7.00. The van der Waals surface area contributed by atoms with E-state index < -0.39 is 5.41 Å². The van der Waals surface area contributed by atoms with Crippen molar-refractivity contribution < 1.29 is 0 Å². The van der Waals surface area contributed by atoms with Gasteiger partial charge in [0.25, 0.3) is 6.71 Å². The number of hydrogen-bond acceptors (Lipinski definition) is 0. The van der Waals surface area contributed by atoms with E-state index in [4.69, 9.17) is 0 Å². The van der Waals surface area contributed by atoms with Crippen LogP contribution < -0.4 is 16.4 Å². The predicted molar refractivity (Wildman–Crippen MR) is 308 cm³/mol. The zero-order valence-corrected chi connectivity index (χ0v) is 43.0. The van der Waals surface area contributed by atoms with E-state index in [1.807, 2.05) is 0 Å². The van der Waals surface area contributed by atoms with Gasteiger partial charge in [-0.1, -0.05) is 171 Å². The Hall–Kier alpha value is -7.10. The SMILES string of the molecule is CCC(C)c1ccc2c(c1)c1cc(C(C)CC)cc3c1n2-c1c(-c2cccc4ccccc24)cc2c4c1B3c1cc(C(C)CC)cc3c5cc(C(C)CC)cc(c5n-4c13)C21c2ccccc2-c2ccccc21. The molecule has 15 rings (SSSR count). The summed E-state index contributed by atoms with van der Waals surface area (Å²) in [7, 11) is 0. The van der Waals surface area contributed by atoms with Crippen LogP contribution in [0, 0.1) is 0 Å². The van der Waals surface area contributed by atoms with Crippen molar-refractivity contribution in [3.8, 4) is 33.6 Å². The Kier molecular flexibility index (Phi) is 8.86. The molecule has 9 aromatic carbocycles. The van der Waals surface area contributed by atoms with Gasteiger partial charge in [0.1, 0.15) is 0 Å². The maximum absolute atomic E-state index is 2.83. The molecule has 350 valence electrons. The second-order valence-electron chi connectivity index (χ2n) is 22.5. The van der Waals surface area contributed by atoms with Gasteiger partial charge in [-0.15, -0.1) is 0 Å². The number of hydrogen-bond donors (Lipinski definition) is 0. The summed E-state index contributed by atoms with van der Waals surface area (Å²) in [5, 5.41) is 8.15. The molecule has 4 aliphatic rings. The molecule has 5 heterocycles. The summed E-state index contributed by atoms with van der Waals surface area (Å²) >= 11 is 0. The van der Waals surface area contributed by atoms with Gasteiger partial charge in [0.05, 0.1) is 22.1 Å². The van der Waals surface area contributed by atoms with Crippen molar-refractivity contribution in [2.45, 2.75) is 110 Å². The van der Waals surface area contributed by atoms with E-state index >= 15 is 0 Å². The Labute approximate surface area is 424 Å². The molecule has 3 aliphatic heterocycles. The fourth-order valence-corrected chi connectivity index (χ4v) is 14.7. The Morgan fingerprint density at radius 3 is 1.56 bits per heavy atom. The minimum Gasteiger partial charge on any atom is -0.310 e. The van der Waals surface area contributed by atoms with E-state index in [0.29, 0.717) is 23.7 Å². The smallest absolute Gasteiger partial charge is 0.252 e. The van der Waals surface area contributed by atoms with Crippen LogP contribution in [0.15, 0.2) is 152 Å². The molecular weight excluding hydrogens is 868 g/mol. The Morgan fingerprint density at radius 2 is 0.903 bits per heavy atom. The number of benzene rings is 9. The quantitative estimate of drug-likeness (QED) is 0.128. The molecule has 0 fully saturated rings. The van der Waals surface area contributed by atoms with Gasteiger partial charge in [-0.3, -0.25) is 0 Å². The molecule has 3 heteroatoms. The highest BCUT2D eigenvalue weighted by atomic mass is 15.1. The summed E-state index contributed by atoms with van der Waals surface area (Å²) in [5.41, 5.74) is 28.7. The zero-order chi connectivity index (χ0) is 48.6. The molecular formula is C69H61BN2. The molecule has 11 aromatic rings. The number of fused-ring (bicyclic) bond motifs is 15. The second kappa shape index (κ2) is 15.0. The van der Waals surface area contributed by atoms with Crippen molar-refractivity contribution in [2.75, 3.05) is 0 Å². The fraction of sp³-hybridized carbons (Fsp3) is 0.246. The Morgan fingerprint density at radius 1 is 0.389 bits per heavy atom. The molecule has 0 N–H and O–H groups in total. The average Bonchev–Trinajstić information content (AvgIpc) is 4.06. The van der Waals surface area contributed by atoms with Crippen LogP contribution in [0.5, 0.6) is 0 Å². The molecule has 1 aliphatic carbocycles. The van der Waals surface area contributed by atoms with Crippen molar-refractivity contribution in [1.29, 1.82) is 0 Å². The van der Waals surface area contributed by atoms with Crippen LogP contribution in [0.4, 0.5) is 0 Å². The summed E-state index contributed by atoms with van der Waals surface area (Å²) < 4.78 is 5.60. The van der Waals surface area contributed by atoms with E-state index in [1.165, 1.54) is 149 Å². The minimum atomic E-state index is -0.581. The lowest BCUT2D eigenvalue weighted by molar-refractivity contribution is 0.717. The van der Waals surface area contributed by atoms with Crippen molar-refractivity contribution in [1.82, 2.24) is 9.13 Å². The molecule has 4 atom stereocenters. The molecule has 2 nitrogen and oxygen atoms in total. The third kappa shape index (κ3) is 5.12. The van der Waals surface area contributed by atoms with Gasteiger partial charge in [-0.2, -0.15) is 0 Å². The van der Waals surface area contributed by atoms with Crippen LogP contribution in [0.25, 0.3) is 88.0 Å². The lowest BCUT2D eigenvalue weighted by Crippen LogP contribution is -2.61. The molecule has 72 heavy (non-hydrogen) atoms. The topological polar surface area (TPSA) is 9.86 Å². The summed E-state index contributed by atoms with van der Waals surface area (Å²) in [6.07, 6.45) is 4.37. The van der Waals surface area contributed by atoms with E-state index in [1.54, 1.807) is 0 Å². The van der Waals surface area contributed by atoms with E-state index in [2.05, 4.69) is 216 Å². The third-order valence-electron chi connectivity index (χ3n) is 19.2. The van der Waals surface area contributed by atoms with Crippen molar-refractivity contribution in [3.63, 3.8) is 0 Å². The van der Waals surface area contributed by atoms with E-state index in [-0.39, 0.29) is 6.71 Å². The molecule has 0 amide bonds. The van der Waals surface area contributed by atoms with Crippen molar-refractivity contribution in [3.05, 3.63) is 196 Å².